The van der Waals surface area contributed by atoms with Gasteiger partial charge in [0.1, 0.15) is 5.54 Å². The zero-order chi connectivity index (χ0) is 20.5. The number of fused-ring (bicyclic) bond motifs is 4. The van der Waals surface area contributed by atoms with Crippen molar-refractivity contribution in [2.24, 2.45) is 11.8 Å². The van der Waals surface area contributed by atoms with Crippen molar-refractivity contribution in [3.8, 4) is 0 Å². The van der Waals surface area contributed by atoms with Gasteiger partial charge in [-0.1, -0.05) is 18.2 Å². The summed E-state index contributed by atoms with van der Waals surface area (Å²) in [6, 6.07) is 12.3. The number of rotatable bonds is 2. The van der Waals surface area contributed by atoms with Gasteiger partial charge in [0.05, 0.1) is 17.5 Å². The third-order valence-corrected chi connectivity index (χ3v) is 6.14. The third kappa shape index (κ3) is 2.21. The fourth-order valence-corrected chi connectivity index (χ4v) is 4.93. The lowest BCUT2D eigenvalue weighted by Crippen LogP contribution is -2.99. The van der Waals surface area contributed by atoms with Crippen molar-refractivity contribution >= 4 is 34.8 Å². The molecular formula is C20H18N4O5. The molecule has 0 radical (unpaired) electrons. The number of benzene rings is 2. The molecule has 3 heterocycles. The lowest BCUT2D eigenvalue weighted by Gasteiger charge is -2.29. The van der Waals surface area contributed by atoms with E-state index in [4.69, 9.17) is 5.21 Å². The Hall–Kier alpha value is -3.11. The van der Waals surface area contributed by atoms with Crippen LogP contribution >= 0.6 is 0 Å². The van der Waals surface area contributed by atoms with Crippen molar-refractivity contribution in [1.29, 1.82) is 0 Å². The van der Waals surface area contributed by atoms with E-state index in [1.165, 1.54) is 24.3 Å². The summed E-state index contributed by atoms with van der Waals surface area (Å²) in [4.78, 5) is 40.8. The molecule has 3 aliphatic heterocycles. The highest BCUT2D eigenvalue weighted by atomic mass is 16.8. The van der Waals surface area contributed by atoms with Crippen LogP contribution in [0.5, 0.6) is 0 Å². The summed E-state index contributed by atoms with van der Waals surface area (Å²) in [5, 5.41) is 25.1. The normalized spacial score (nSPS) is 31.2. The summed E-state index contributed by atoms with van der Waals surface area (Å²) in [5.74, 6) is -2.78. The Morgan fingerprint density at radius 1 is 1.07 bits per heavy atom. The monoisotopic (exact) mass is 394 g/mol. The highest BCUT2D eigenvalue weighted by Gasteiger charge is 2.69. The summed E-state index contributed by atoms with van der Waals surface area (Å²) in [6.07, 6.45) is 0. The number of amides is 3. The van der Waals surface area contributed by atoms with E-state index >= 15 is 0 Å². The van der Waals surface area contributed by atoms with Gasteiger partial charge in [-0.05, 0) is 25.1 Å². The minimum absolute atomic E-state index is 0.0589. The molecule has 4 N–H and O–H groups in total. The molecule has 0 aromatic heterocycles. The number of hydrogen-bond acceptors (Lipinski definition) is 6. The Balaban J connectivity index is 1.60. The number of nitrogens with zero attached hydrogens (tertiary/aromatic N) is 1. The van der Waals surface area contributed by atoms with Crippen molar-refractivity contribution in [3.05, 3.63) is 59.3 Å². The molecular weight excluding hydrogens is 376 g/mol. The van der Waals surface area contributed by atoms with E-state index < -0.39 is 40.5 Å². The first kappa shape index (κ1) is 18.0. The number of anilines is 2. The van der Waals surface area contributed by atoms with Crippen LogP contribution in [0.15, 0.2) is 48.5 Å². The Kier molecular flexibility index (Phi) is 3.68. The molecule has 2 aromatic carbocycles. The Morgan fingerprint density at radius 2 is 1.76 bits per heavy atom. The molecule has 5 atom stereocenters. The highest BCUT2D eigenvalue weighted by Crippen LogP contribution is 2.53. The SMILES string of the molecule is C[C@H]1N[C@@]2(C(=O)Nc3ccccc32)[C@@H]2C(=O)N(c3ccc([NH+]([O-])O)cc3)C(=O)[C@H]21. The first-order valence-corrected chi connectivity index (χ1v) is 9.26. The molecule has 3 aliphatic rings. The maximum absolute atomic E-state index is 13.4. The molecule has 9 nitrogen and oxygen atoms in total. The third-order valence-electron chi connectivity index (χ3n) is 6.14. The van der Waals surface area contributed by atoms with Crippen LogP contribution < -0.4 is 20.8 Å². The fraction of sp³-hybridized carbons (Fsp3) is 0.250. The predicted molar refractivity (Wildman–Crippen MR) is 101 cm³/mol. The van der Waals surface area contributed by atoms with Crippen LogP contribution in [0, 0.1) is 17.0 Å². The first-order chi connectivity index (χ1) is 13.9. The van der Waals surface area contributed by atoms with E-state index in [2.05, 4.69) is 10.6 Å². The summed E-state index contributed by atoms with van der Waals surface area (Å²) >= 11 is 0. The van der Waals surface area contributed by atoms with Crippen molar-refractivity contribution in [1.82, 2.24) is 5.32 Å². The van der Waals surface area contributed by atoms with Crippen LogP contribution in [0.1, 0.15) is 12.5 Å². The van der Waals surface area contributed by atoms with E-state index in [1.807, 2.05) is 0 Å². The molecule has 2 saturated heterocycles. The fourth-order valence-electron chi connectivity index (χ4n) is 4.93. The average Bonchev–Trinajstić information content (AvgIpc) is 3.26. The summed E-state index contributed by atoms with van der Waals surface area (Å²) in [7, 11) is 0. The molecule has 29 heavy (non-hydrogen) atoms. The molecule has 0 saturated carbocycles. The standard InChI is InChI=1S/C20H18N4O5/c1-10-15-16(20(22-10)13-4-2-3-5-14(13)21-19(20)27)18(26)23(17(15)25)11-6-8-12(9-7-11)24(28)29/h2-10,15-16,22,24,28H,1H3,(H,21,27)/t10-,15+,16+,20-/m1/s1. The topological polar surface area (TPSA) is 126 Å². The van der Waals surface area contributed by atoms with Gasteiger partial charge in [-0.3, -0.25) is 19.7 Å². The maximum atomic E-state index is 13.4. The van der Waals surface area contributed by atoms with E-state index in [9.17, 15) is 19.6 Å². The second-order valence-electron chi connectivity index (χ2n) is 7.61. The number of hydrogen-bond donors (Lipinski definition) is 4. The van der Waals surface area contributed by atoms with Gasteiger partial charge in [0, 0.05) is 29.4 Å². The molecule has 9 heteroatoms. The van der Waals surface area contributed by atoms with Gasteiger partial charge >= 0.3 is 0 Å². The number of carbonyl (C=O) groups is 3. The van der Waals surface area contributed by atoms with Crippen molar-refractivity contribution in [2.75, 3.05) is 10.2 Å². The second kappa shape index (κ2) is 5.94. The van der Waals surface area contributed by atoms with Gasteiger partial charge in [-0.25, -0.2) is 10.1 Å². The number of nitrogens with one attached hydrogen (secondary N) is 3. The van der Waals surface area contributed by atoms with Crippen molar-refractivity contribution < 1.29 is 24.8 Å². The average molecular weight is 394 g/mol. The number of carbonyl (C=O) groups excluding carboxylic acids is 3. The van der Waals surface area contributed by atoms with Gasteiger partial charge in [0.2, 0.25) is 17.7 Å². The summed E-state index contributed by atoms with van der Waals surface area (Å²) in [6.45, 7) is 1.79. The smallest absolute Gasteiger partial charge is 0.250 e. The molecule has 5 rings (SSSR count). The van der Waals surface area contributed by atoms with E-state index in [-0.39, 0.29) is 11.6 Å². The largest absolute Gasteiger partial charge is 0.595 e. The Morgan fingerprint density at radius 3 is 2.45 bits per heavy atom. The number of imide groups is 1. The lowest BCUT2D eigenvalue weighted by molar-refractivity contribution is -0.991. The number of para-hydroxylation sites is 1. The molecule has 0 bridgehead atoms. The van der Waals surface area contributed by atoms with Crippen molar-refractivity contribution in [2.45, 2.75) is 18.5 Å². The van der Waals surface area contributed by atoms with Gasteiger partial charge in [0.25, 0.3) is 0 Å². The Bertz CT molecular complexity index is 1050. The van der Waals surface area contributed by atoms with Crippen LogP contribution in [0.25, 0.3) is 0 Å². The lowest BCUT2D eigenvalue weighted by atomic mass is 9.76. The van der Waals surface area contributed by atoms with E-state index in [0.29, 0.717) is 16.9 Å². The van der Waals surface area contributed by atoms with E-state index in [1.54, 1.807) is 31.2 Å². The molecule has 2 fully saturated rings. The predicted octanol–water partition coefficient (Wildman–Crippen LogP) is 0.0349. The molecule has 148 valence electrons. The second-order valence-corrected chi connectivity index (χ2v) is 7.61. The van der Waals surface area contributed by atoms with Crippen LogP contribution in [-0.4, -0.2) is 29.0 Å². The van der Waals surface area contributed by atoms with Crippen LogP contribution in [0.2, 0.25) is 0 Å². The Labute approximate surface area is 165 Å². The van der Waals surface area contributed by atoms with Crippen LogP contribution in [0.3, 0.4) is 0 Å². The van der Waals surface area contributed by atoms with Gasteiger partial charge in [-0.2, -0.15) is 5.23 Å². The minimum Gasteiger partial charge on any atom is -0.595 e. The highest BCUT2D eigenvalue weighted by molar-refractivity contribution is 6.25. The summed E-state index contributed by atoms with van der Waals surface area (Å²) in [5.41, 5.74) is 0.344. The molecule has 1 spiro atoms. The maximum Gasteiger partial charge on any atom is 0.250 e. The first-order valence-electron chi connectivity index (χ1n) is 9.26. The zero-order valence-corrected chi connectivity index (χ0v) is 15.4. The quantitative estimate of drug-likeness (QED) is 0.421. The molecule has 1 unspecified atom stereocenters. The zero-order valence-electron chi connectivity index (χ0n) is 15.4. The molecule has 2 aromatic rings. The minimum atomic E-state index is -1.30. The van der Waals surface area contributed by atoms with Crippen molar-refractivity contribution in [3.63, 3.8) is 0 Å². The summed E-state index contributed by atoms with van der Waals surface area (Å²) < 4.78 is 0. The van der Waals surface area contributed by atoms with Crippen LogP contribution in [-0.2, 0) is 19.9 Å². The van der Waals surface area contributed by atoms with Gasteiger partial charge in [0.15, 0.2) is 5.69 Å². The molecule has 0 aliphatic carbocycles. The van der Waals surface area contributed by atoms with E-state index in [0.717, 1.165) is 4.90 Å². The number of quaternary nitrogens is 1. The molecule has 3 amide bonds. The van der Waals surface area contributed by atoms with Gasteiger partial charge in [-0.15, -0.1) is 0 Å². The van der Waals surface area contributed by atoms with Gasteiger partial charge < -0.3 is 10.5 Å². The van der Waals surface area contributed by atoms with Crippen LogP contribution in [0.4, 0.5) is 17.1 Å².